The normalized spacial score (nSPS) is 21.7. The summed E-state index contributed by atoms with van der Waals surface area (Å²) in [5.74, 6) is 0.780. The van der Waals surface area contributed by atoms with Gasteiger partial charge in [0, 0.05) is 23.3 Å². The summed E-state index contributed by atoms with van der Waals surface area (Å²) in [5, 5.41) is 0. The minimum absolute atomic E-state index is 0.0702. The maximum Gasteiger partial charge on any atom is 0.0480 e. The number of aryl methyl sites for hydroxylation is 1. The molecular weight excluding hydrogens is 254 g/mol. The number of nitrogens with zero attached hydrogens (tertiary/aromatic N) is 1. The second kappa shape index (κ2) is 5.19. The van der Waals surface area contributed by atoms with Crippen molar-refractivity contribution in [2.24, 2.45) is 0 Å². The van der Waals surface area contributed by atoms with Gasteiger partial charge in [-0.05, 0) is 49.3 Å². The van der Waals surface area contributed by atoms with Crippen LogP contribution >= 0.6 is 0 Å². The summed E-state index contributed by atoms with van der Waals surface area (Å²) < 4.78 is 0. The molecule has 1 aromatic carbocycles. The van der Waals surface area contributed by atoms with Gasteiger partial charge in [-0.3, -0.25) is 0 Å². The minimum Gasteiger partial charge on any atom is -0.345 e. The van der Waals surface area contributed by atoms with E-state index in [1.165, 1.54) is 54.6 Å². The van der Waals surface area contributed by atoms with E-state index in [1.807, 2.05) is 0 Å². The van der Waals surface area contributed by atoms with E-state index in [0.29, 0.717) is 0 Å². The van der Waals surface area contributed by atoms with Crippen molar-refractivity contribution in [3.8, 4) is 0 Å². The van der Waals surface area contributed by atoms with Crippen LogP contribution in [0.2, 0.25) is 0 Å². The number of hydrogen-bond donors (Lipinski definition) is 0. The smallest absolute Gasteiger partial charge is 0.0480 e. The highest BCUT2D eigenvalue weighted by molar-refractivity contribution is 5.74. The van der Waals surface area contributed by atoms with Gasteiger partial charge in [-0.1, -0.05) is 51.8 Å². The van der Waals surface area contributed by atoms with Crippen LogP contribution in [0.3, 0.4) is 0 Å². The van der Waals surface area contributed by atoms with Crippen molar-refractivity contribution >= 4 is 5.69 Å². The summed E-state index contributed by atoms with van der Waals surface area (Å²) in [5.41, 5.74) is 7.25. The highest BCUT2D eigenvalue weighted by atomic mass is 15.2. The van der Waals surface area contributed by atoms with Gasteiger partial charge in [0.05, 0.1) is 0 Å². The predicted octanol–water partition coefficient (Wildman–Crippen LogP) is 5.67. The Morgan fingerprint density at radius 1 is 1.19 bits per heavy atom. The van der Waals surface area contributed by atoms with Crippen molar-refractivity contribution in [1.29, 1.82) is 0 Å². The van der Waals surface area contributed by atoms with Gasteiger partial charge in [-0.25, -0.2) is 0 Å². The maximum absolute atomic E-state index is 4.38. The average molecular weight is 283 g/mol. The van der Waals surface area contributed by atoms with Crippen LogP contribution in [0.15, 0.2) is 24.4 Å². The molecule has 1 nitrogen and oxygen atoms in total. The van der Waals surface area contributed by atoms with E-state index in [9.17, 15) is 0 Å². The van der Waals surface area contributed by atoms with Gasteiger partial charge in [-0.15, -0.1) is 0 Å². The molecule has 1 aliphatic carbocycles. The number of fused-ring (bicyclic) bond motifs is 1. The Hall–Kier alpha value is -1.24. The Morgan fingerprint density at radius 2 is 1.86 bits per heavy atom. The first-order valence-corrected chi connectivity index (χ1v) is 8.58. The molecule has 0 unspecified atom stereocenters. The molecule has 1 aromatic rings. The van der Waals surface area contributed by atoms with E-state index in [1.54, 1.807) is 5.56 Å². The third kappa shape index (κ3) is 2.22. The van der Waals surface area contributed by atoms with Crippen LogP contribution in [0.25, 0.3) is 0 Å². The van der Waals surface area contributed by atoms with Crippen LogP contribution in [0.4, 0.5) is 5.69 Å². The molecule has 2 aliphatic rings. The first-order valence-electron chi connectivity index (χ1n) is 8.58. The van der Waals surface area contributed by atoms with E-state index < -0.39 is 0 Å². The fraction of sp³-hybridized carbons (Fsp3) is 0.600. The minimum atomic E-state index is 0.0702. The molecule has 3 rings (SSSR count). The van der Waals surface area contributed by atoms with Crippen LogP contribution in [0.5, 0.6) is 0 Å². The van der Waals surface area contributed by atoms with Crippen molar-refractivity contribution in [3.63, 3.8) is 0 Å². The topological polar surface area (TPSA) is 3.24 Å². The molecule has 0 spiro atoms. The van der Waals surface area contributed by atoms with E-state index in [0.717, 1.165) is 12.5 Å². The standard InChI is InChI=1S/C20H29N/c1-6-21-15(3)20(4,5)18-13-17(12-14(2)19(18)21)16-10-8-7-9-11-16/h12-13,16H,3,6-11H2,1-2,4-5H3. The molecule has 1 heterocycles. The molecule has 0 amide bonds. The van der Waals surface area contributed by atoms with Gasteiger partial charge in [0.15, 0.2) is 0 Å². The number of rotatable bonds is 2. The Bertz CT molecular complexity index is 561. The lowest BCUT2D eigenvalue weighted by atomic mass is 9.78. The molecule has 1 heteroatoms. The summed E-state index contributed by atoms with van der Waals surface area (Å²) in [7, 11) is 0. The van der Waals surface area contributed by atoms with Crippen molar-refractivity contribution < 1.29 is 0 Å². The second-order valence-electron chi connectivity index (χ2n) is 7.38. The molecule has 0 N–H and O–H groups in total. The van der Waals surface area contributed by atoms with Gasteiger partial charge in [-0.2, -0.15) is 0 Å². The number of likely N-dealkylation sites (N-methyl/N-ethyl adjacent to an activating group) is 1. The van der Waals surface area contributed by atoms with E-state index in [2.05, 4.69) is 51.3 Å². The molecule has 1 aliphatic heterocycles. The van der Waals surface area contributed by atoms with Crippen molar-refractivity contribution in [2.45, 2.75) is 71.1 Å². The summed E-state index contributed by atoms with van der Waals surface area (Å²) in [6.07, 6.45) is 6.97. The van der Waals surface area contributed by atoms with E-state index >= 15 is 0 Å². The predicted molar refractivity (Wildman–Crippen MR) is 92.2 cm³/mol. The van der Waals surface area contributed by atoms with Crippen LogP contribution in [0.1, 0.15) is 75.5 Å². The molecule has 0 atom stereocenters. The molecule has 0 radical (unpaired) electrons. The third-order valence-corrected chi connectivity index (χ3v) is 5.71. The zero-order chi connectivity index (χ0) is 15.2. The van der Waals surface area contributed by atoms with Gasteiger partial charge < -0.3 is 4.90 Å². The van der Waals surface area contributed by atoms with Crippen LogP contribution < -0.4 is 4.90 Å². The number of benzene rings is 1. The Balaban J connectivity index is 2.09. The van der Waals surface area contributed by atoms with Crippen LogP contribution in [-0.4, -0.2) is 6.54 Å². The zero-order valence-corrected chi connectivity index (χ0v) is 14.1. The van der Waals surface area contributed by atoms with Crippen molar-refractivity contribution in [2.75, 3.05) is 11.4 Å². The lowest BCUT2D eigenvalue weighted by molar-refractivity contribution is 0.443. The van der Waals surface area contributed by atoms with Gasteiger partial charge in [0.1, 0.15) is 0 Å². The Morgan fingerprint density at radius 3 is 2.48 bits per heavy atom. The monoisotopic (exact) mass is 283 g/mol. The largest absolute Gasteiger partial charge is 0.345 e. The lowest BCUT2D eigenvalue weighted by Crippen LogP contribution is -2.24. The third-order valence-electron chi connectivity index (χ3n) is 5.71. The summed E-state index contributed by atoms with van der Waals surface area (Å²) in [6.45, 7) is 14.6. The summed E-state index contributed by atoms with van der Waals surface area (Å²) >= 11 is 0. The molecule has 0 bridgehead atoms. The maximum atomic E-state index is 4.38. The molecule has 1 saturated carbocycles. The van der Waals surface area contributed by atoms with Crippen molar-refractivity contribution in [3.05, 3.63) is 41.1 Å². The van der Waals surface area contributed by atoms with Gasteiger partial charge >= 0.3 is 0 Å². The fourth-order valence-corrected chi connectivity index (χ4v) is 4.29. The highest BCUT2D eigenvalue weighted by Gasteiger charge is 2.39. The second-order valence-corrected chi connectivity index (χ2v) is 7.38. The fourth-order valence-electron chi connectivity index (χ4n) is 4.29. The lowest BCUT2D eigenvalue weighted by Gasteiger charge is -2.25. The zero-order valence-electron chi connectivity index (χ0n) is 14.1. The quantitative estimate of drug-likeness (QED) is 0.675. The molecule has 0 saturated heterocycles. The number of anilines is 1. The number of hydrogen-bond acceptors (Lipinski definition) is 1. The summed E-state index contributed by atoms with van der Waals surface area (Å²) in [4.78, 5) is 2.41. The summed E-state index contributed by atoms with van der Waals surface area (Å²) in [6, 6.07) is 4.95. The molecular formula is C20H29N. The van der Waals surface area contributed by atoms with E-state index in [-0.39, 0.29) is 5.41 Å². The van der Waals surface area contributed by atoms with Gasteiger partial charge in [0.2, 0.25) is 0 Å². The van der Waals surface area contributed by atoms with Crippen LogP contribution in [0, 0.1) is 6.92 Å². The first kappa shape index (κ1) is 14.7. The van der Waals surface area contributed by atoms with Gasteiger partial charge in [0.25, 0.3) is 0 Å². The first-order chi connectivity index (χ1) is 9.96. The highest BCUT2D eigenvalue weighted by Crippen LogP contribution is 2.50. The molecule has 21 heavy (non-hydrogen) atoms. The van der Waals surface area contributed by atoms with E-state index in [4.69, 9.17) is 0 Å². The SMILES string of the molecule is C=C1N(CC)c2c(C)cc(C3CCCCC3)cc2C1(C)C. The van der Waals surface area contributed by atoms with Crippen LogP contribution in [-0.2, 0) is 5.41 Å². The van der Waals surface area contributed by atoms with Crippen molar-refractivity contribution in [1.82, 2.24) is 0 Å². The number of allylic oxidation sites excluding steroid dienone is 1. The Kier molecular flexibility index (Phi) is 3.63. The Labute approximate surface area is 130 Å². The molecule has 1 fully saturated rings. The molecule has 114 valence electrons. The molecule has 0 aromatic heterocycles. The average Bonchev–Trinajstić information content (AvgIpc) is 2.68.